The number of phenols is 3. The summed E-state index contributed by atoms with van der Waals surface area (Å²) in [6.45, 7) is 1.71. The highest BCUT2D eigenvalue weighted by atomic mass is 16.3. The quantitative estimate of drug-likeness (QED) is 0.386. The van der Waals surface area contributed by atoms with Crippen molar-refractivity contribution in [3.63, 3.8) is 0 Å². The number of benzene rings is 1. The van der Waals surface area contributed by atoms with E-state index in [1.54, 1.807) is 31.5 Å². The highest BCUT2D eigenvalue weighted by Gasteiger charge is 2.13. The number of hydrogen-bond donors (Lipinski definition) is 4. The number of aromatic hydroxyl groups is 3. The highest BCUT2D eigenvalue weighted by molar-refractivity contribution is 6.01. The average molecular weight is 287 g/mol. The van der Waals surface area contributed by atoms with Crippen LogP contribution in [0.2, 0.25) is 0 Å². The van der Waals surface area contributed by atoms with Crippen LogP contribution in [0.1, 0.15) is 22.8 Å². The Morgan fingerprint density at radius 2 is 1.67 bits per heavy atom. The summed E-state index contributed by atoms with van der Waals surface area (Å²) in [4.78, 5) is 15.7. The predicted octanol–water partition coefficient (Wildman–Crippen LogP) is 1.35. The Morgan fingerprint density at radius 1 is 1.10 bits per heavy atom. The van der Waals surface area contributed by atoms with E-state index in [0.29, 0.717) is 5.71 Å². The van der Waals surface area contributed by atoms with Gasteiger partial charge in [0.2, 0.25) is 0 Å². The molecule has 0 saturated heterocycles. The molecule has 1 aromatic carbocycles. The zero-order valence-corrected chi connectivity index (χ0v) is 11.1. The summed E-state index contributed by atoms with van der Waals surface area (Å²) in [5, 5.41) is 31.8. The van der Waals surface area contributed by atoms with Crippen LogP contribution >= 0.6 is 0 Å². The summed E-state index contributed by atoms with van der Waals surface area (Å²) in [5.74, 6) is -2.48. The monoisotopic (exact) mass is 287 g/mol. The topological polar surface area (TPSA) is 115 Å². The minimum atomic E-state index is -0.678. The van der Waals surface area contributed by atoms with Gasteiger partial charge in [-0.25, -0.2) is 5.43 Å². The normalized spacial score (nSPS) is 11.2. The largest absolute Gasteiger partial charge is 0.504 e. The minimum absolute atomic E-state index is 0.0333. The van der Waals surface area contributed by atoms with Crippen molar-refractivity contribution in [3.8, 4) is 17.2 Å². The van der Waals surface area contributed by atoms with E-state index >= 15 is 0 Å². The Labute approximate surface area is 120 Å². The van der Waals surface area contributed by atoms with Gasteiger partial charge in [0, 0.05) is 23.5 Å². The van der Waals surface area contributed by atoms with Gasteiger partial charge < -0.3 is 15.3 Å². The molecule has 1 aromatic heterocycles. The summed E-state index contributed by atoms with van der Waals surface area (Å²) in [6.07, 6.45) is 3.21. The number of hydrazone groups is 1. The second kappa shape index (κ2) is 5.91. The lowest BCUT2D eigenvalue weighted by atomic mass is 10.1. The van der Waals surface area contributed by atoms with E-state index in [2.05, 4.69) is 15.5 Å². The van der Waals surface area contributed by atoms with E-state index < -0.39 is 23.2 Å². The molecule has 1 amide bonds. The molecule has 1 heterocycles. The third kappa shape index (κ3) is 3.27. The fraction of sp³-hybridized carbons (Fsp3) is 0.0714. The van der Waals surface area contributed by atoms with Crippen LogP contribution in [0.25, 0.3) is 0 Å². The van der Waals surface area contributed by atoms with Crippen LogP contribution < -0.4 is 5.43 Å². The third-order valence-corrected chi connectivity index (χ3v) is 2.76. The molecule has 2 aromatic rings. The minimum Gasteiger partial charge on any atom is -0.504 e. The van der Waals surface area contributed by atoms with Crippen molar-refractivity contribution < 1.29 is 20.1 Å². The van der Waals surface area contributed by atoms with Gasteiger partial charge in [0.1, 0.15) is 0 Å². The number of amides is 1. The number of phenolic OH excluding ortho intramolecular Hbond substituents is 3. The molecule has 0 saturated carbocycles. The van der Waals surface area contributed by atoms with Gasteiger partial charge in [-0.1, -0.05) is 0 Å². The lowest BCUT2D eigenvalue weighted by Gasteiger charge is -2.05. The van der Waals surface area contributed by atoms with Crippen LogP contribution in [-0.4, -0.2) is 31.9 Å². The zero-order chi connectivity index (χ0) is 15.4. The van der Waals surface area contributed by atoms with E-state index in [0.717, 1.165) is 17.7 Å². The first kappa shape index (κ1) is 14.3. The molecule has 0 unspecified atom stereocenters. The van der Waals surface area contributed by atoms with Crippen LogP contribution in [0.4, 0.5) is 0 Å². The number of carbonyl (C=O) groups excluding carboxylic acids is 1. The molecule has 0 bridgehead atoms. The maximum atomic E-state index is 11.9. The lowest BCUT2D eigenvalue weighted by Crippen LogP contribution is -2.19. The first-order chi connectivity index (χ1) is 9.99. The van der Waals surface area contributed by atoms with Crippen LogP contribution in [0, 0.1) is 0 Å². The molecule has 7 nitrogen and oxygen atoms in total. The Kier molecular flexibility index (Phi) is 4.03. The van der Waals surface area contributed by atoms with Crippen molar-refractivity contribution in [2.24, 2.45) is 5.10 Å². The summed E-state index contributed by atoms with van der Waals surface area (Å²) < 4.78 is 0. The Balaban J connectivity index is 2.15. The summed E-state index contributed by atoms with van der Waals surface area (Å²) in [5.41, 5.74) is 3.62. The maximum absolute atomic E-state index is 11.9. The zero-order valence-electron chi connectivity index (χ0n) is 11.1. The van der Waals surface area contributed by atoms with Gasteiger partial charge in [0.25, 0.3) is 5.91 Å². The Morgan fingerprint density at radius 3 is 2.24 bits per heavy atom. The summed E-state index contributed by atoms with van der Waals surface area (Å²) in [7, 11) is 0. The fourth-order valence-corrected chi connectivity index (χ4v) is 1.59. The standard InChI is InChI=1S/C14H13N3O4/c1-8(9-2-4-15-5-3-9)16-17-14(21)10-6-11(18)13(20)12(19)7-10/h2-7,18-20H,1H3,(H,17,21). The number of carbonyl (C=O) groups is 1. The molecule has 0 aliphatic heterocycles. The number of hydrogen-bond acceptors (Lipinski definition) is 6. The van der Waals surface area contributed by atoms with E-state index in [-0.39, 0.29) is 5.56 Å². The predicted molar refractivity (Wildman–Crippen MR) is 75.4 cm³/mol. The summed E-state index contributed by atoms with van der Waals surface area (Å²) in [6, 6.07) is 5.54. The van der Waals surface area contributed by atoms with Crippen LogP contribution in [0.15, 0.2) is 41.8 Å². The molecule has 0 spiro atoms. The van der Waals surface area contributed by atoms with Crippen molar-refractivity contribution >= 4 is 11.6 Å². The molecule has 0 radical (unpaired) electrons. The Bertz CT molecular complexity index is 676. The lowest BCUT2D eigenvalue weighted by molar-refractivity contribution is 0.0954. The highest BCUT2D eigenvalue weighted by Crippen LogP contribution is 2.35. The van der Waals surface area contributed by atoms with E-state index in [1.807, 2.05) is 0 Å². The molecule has 0 atom stereocenters. The maximum Gasteiger partial charge on any atom is 0.271 e. The van der Waals surface area contributed by atoms with E-state index in [4.69, 9.17) is 0 Å². The second-order valence-corrected chi connectivity index (χ2v) is 4.24. The average Bonchev–Trinajstić information content (AvgIpc) is 2.50. The molecule has 4 N–H and O–H groups in total. The van der Waals surface area contributed by atoms with E-state index in [1.165, 1.54) is 0 Å². The van der Waals surface area contributed by atoms with Gasteiger partial charge in [-0.05, 0) is 31.2 Å². The molecule has 0 fully saturated rings. The van der Waals surface area contributed by atoms with Gasteiger partial charge in [0.15, 0.2) is 17.2 Å². The number of nitrogens with one attached hydrogen (secondary N) is 1. The van der Waals surface area contributed by atoms with Gasteiger partial charge in [0.05, 0.1) is 5.71 Å². The van der Waals surface area contributed by atoms with Crippen LogP contribution in [-0.2, 0) is 0 Å². The van der Waals surface area contributed by atoms with Crippen molar-refractivity contribution in [3.05, 3.63) is 47.8 Å². The van der Waals surface area contributed by atoms with Crippen molar-refractivity contribution in [2.45, 2.75) is 6.92 Å². The number of nitrogens with zero attached hydrogens (tertiary/aromatic N) is 2. The molecule has 108 valence electrons. The number of pyridine rings is 1. The molecule has 0 aliphatic rings. The van der Waals surface area contributed by atoms with Gasteiger partial charge in [-0.15, -0.1) is 0 Å². The molecule has 0 aliphatic carbocycles. The molecule has 7 heteroatoms. The molecular formula is C14H13N3O4. The van der Waals surface area contributed by atoms with Gasteiger partial charge >= 0.3 is 0 Å². The molecular weight excluding hydrogens is 274 g/mol. The number of rotatable bonds is 3. The van der Waals surface area contributed by atoms with Gasteiger partial charge in [-0.3, -0.25) is 9.78 Å². The third-order valence-electron chi connectivity index (χ3n) is 2.76. The van der Waals surface area contributed by atoms with Crippen molar-refractivity contribution in [1.82, 2.24) is 10.4 Å². The summed E-state index contributed by atoms with van der Waals surface area (Å²) >= 11 is 0. The first-order valence-electron chi connectivity index (χ1n) is 5.99. The first-order valence-corrected chi connectivity index (χ1v) is 5.99. The smallest absolute Gasteiger partial charge is 0.271 e. The van der Waals surface area contributed by atoms with Crippen molar-refractivity contribution in [1.29, 1.82) is 0 Å². The van der Waals surface area contributed by atoms with E-state index in [9.17, 15) is 20.1 Å². The SMILES string of the molecule is CC(=NNC(=O)c1cc(O)c(O)c(O)c1)c1ccncc1. The van der Waals surface area contributed by atoms with Crippen LogP contribution in [0.5, 0.6) is 17.2 Å². The van der Waals surface area contributed by atoms with Gasteiger partial charge in [-0.2, -0.15) is 5.10 Å². The Hall–Kier alpha value is -3.09. The molecule has 2 rings (SSSR count). The number of aromatic nitrogens is 1. The second-order valence-electron chi connectivity index (χ2n) is 4.24. The fourth-order valence-electron chi connectivity index (χ4n) is 1.59. The molecule has 21 heavy (non-hydrogen) atoms. The van der Waals surface area contributed by atoms with Crippen LogP contribution in [0.3, 0.4) is 0 Å². The van der Waals surface area contributed by atoms with Crippen molar-refractivity contribution in [2.75, 3.05) is 0 Å².